The zero-order valence-electron chi connectivity index (χ0n) is 16.0. The van der Waals surface area contributed by atoms with Gasteiger partial charge in [0.05, 0.1) is 11.1 Å². The molecular weight excluding hydrogens is 326 g/mol. The number of amides is 1. The molecule has 2 fully saturated rings. The molecule has 2 N–H and O–H groups in total. The Balaban J connectivity index is 0.000000339. The van der Waals surface area contributed by atoms with Gasteiger partial charge in [0.15, 0.2) is 0 Å². The van der Waals surface area contributed by atoms with E-state index < -0.39 is 5.91 Å². The molecule has 2 aliphatic carbocycles. The summed E-state index contributed by atoms with van der Waals surface area (Å²) in [6.45, 7) is 6.19. The van der Waals surface area contributed by atoms with Gasteiger partial charge in [0.25, 0.3) is 5.56 Å². The normalized spacial score (nSPS) is 16.9. The van der Waals surface area contributed by atoms with Crippen LogP contribution in [-0.2, 0) is 11.3 Å². The number of hydrogen-bond acceptors (Lipinski definition) is 3. The molecule has 0 aliphatic heterocycles. The minimum Gasteiger partial charge on any atom is -0.368 e. The van der Waals surface area contributed by atoms with E-state index in [2.05, 4.69) is 18.1 Å². The summed E-state index contributed by atoms with van der Waals surface area (Å²) in [6, 6.07) is 5.96. The number of aromatic nitrogens is 2. The topological polar surface area (TPSA) is 78.0 Å². The van der Waals surface area contributed by atoms with E-state index in [0.717, 1.165) is 17.0 Å². The smallest absolute Gasteiger partial charge is 0.275 e. The molecule has 0 radical (unpaired) electrons. The van der Waals surface area contributed by atoms with Gasteiger partial charge in [-0.1, -0.05) is 46.1 Å². The van der Waals surface area contributed by atoms with Gasteiger partial charge in [-0.25, -0.2) is 4.68 Å². The van der Waals surface area contributed by atoms with Crippen molar-refractivity contribution in [1.29, 1.82) is 0 Å². The summed E-state index contributed by atoms with van der Waals surface area (Å²) in [5, 5.41) is 5.88. The molecule has 0 bridgehead atoms. The third kappa shape index (κ3) is 4.14. The summed E-state index contributed by atoms with van der Waals surface area (Å²) in [6.07, 6.45) is 6.89. The molecule has 2 aliphatic rings. The van der Waals surface area contributed by atoms with E-state index in [9.17, 15) is 9.59 Å². The number of primary amides is 1. The number of hydrogen-bond donors (Lipinski definition) is 1. The van der Waals surface area contributed by atoms with Crippen molar-refractivity contribution >= 4 is 16.7 Å². The van der Waals surface area contributed by atoms with Crippen molar-refractivity contribution in [2.75, 3.05) is 0 Å². The average molecular weight is 355 g/mol. The number of nitrogens with two attached hydrogens (primary N) is 1. The molecule has 2 aromatic rings. The second kappa shape index (κ2) is 7.60. The predicted octanol–water partition coefficient (Wildman–Crippen LogP) is 3.69. The van der Waals surface area contributed by atoms with Gasteiger partial charge in [0, 0.05) is 5.39 Å². The molecule has 0 spiro atoms. The molecule has 1 aromatic heterocycles. The number of fused-ring (bicyclic) bond motifs is 1. The fourth-order valence-corrected chi connectivity index (χ4v) is 3.29. The zero-order valence-corrected chi connectivity index (χ0v) is 16.0. The van der Waals surface area contributed by atoms with Crippen molar-refractivity contribution < 1.29 is 4.79 Å². The van der Waals surface area contributed by atoms with Crippen LogP contribution < -0.4 is 11.3 Å². The first-order valence-electron chi connectivity index (χ1n) is 9.69. The summed E-state index contributed by atoms with van der Waals surface area (Å²) in [4.78, 5) is 23.5. The summed E-state index contributed by atoms with van der Waals surface area (Å²) in [7, 11) is 0. The molecule has 140 valence electrons. The Morgan fingerprint density at radius 3 is 2.35 bits per heavy atom. The lowest BCUT2D eigenvalue weighted by Gasteiger charge is -2.18. The van der Waals surface area contributed by atoms with Gasteiger partial charge in [-0.2, -0.15) is 5.10 Å². The third-order valence-electron chi connectivity index (χ3n) is 5.31. The molecule has 5 nitrogen and oxygen atoms in total. The highest BCUT2D eigenvalue weighted by Gasteiger charge is 2.24. The summed E-state index contributed by atoms with van der Waals surface area (Å²) < 4.78 is 1.18. The molecule has 1 heterocycles. The zero-order chi connectivity index (χ0) is 18.8. The van der Waals surface area contributed by atoms with E-state index in [1.54, 1.807) is 0 Å². The fourth-order valence-electron chi connectivity index (χ4n) is 3.29. The van der Waals surface area contributed by atoms with Gasteiger partial charge >= 0.3 is 0 Å². The molecule has 26 heavy (non-hydrogen) atoms. The first kappa shape index (κ1) is 18.6. The van der Waals surface area contributed by atoms with E-state index in [1.807, 2.05) is 26.0 Å². The van der Waals surface area contributed by atoms with Crippen LogP contribution in [0.3, 0.4) is 0 Å². The molecule has 0 atom stereocenters. The number of benzene rings is 1. The van der Waals surface area contributed by atoms with E-state index in [4.69, 9.17) is 5.73 Å². The molecule has 1 aromatic carbocycles. The standard InChI is InChI=1S/C16H19N3O2.C5H10/c1-9(2)15-13-7-11(10-3-4-10)5-6-12(13)16(21)19(18-15)8-14(17)20;1-5-3-2-4-5/h5-7,9-10H,3-4,8H2,1-2H3,(H2,17,20);5H,2-4H2,1H3. The van der Waals surface area contributed by atoms with Crippen molar-refractivity contribution in [2.24, 2.45) is 11.7 Å². The Kier molecular flexibility index (Phi) is 5.44. The third-order valence-corrected chi connectivity index (χ3v) is 5.31. The number of rotatable bonds is 4. The Hall–Kier alpha value is -2.17. The van der Waals surface area contributed by atoms with E-state index in [0.29, 0.717) is 11.3 Å². The van der Waals surface area contributed by atoms with Crippen LogP contribution in [0.15, 0.2) is 23.0 Å². The van der Waals surface area contributed by atoms with Crippen LogP contribution in [0.1, 0.15) is 76.0 Å². The van der Waals surface area contributed by atoms with Gasteiger partial charge in [-0.05, 0) is 48.3 Å². The van der Waals surface area contributed by atoms with Gasteiger partial charge in [-0.3, -0.25) is 9.59 Å². The minimum atomic E-state index is -0.562. The molecular formula is C21H29N3O2. The molecule has 0 saturated heterocycles. The van der Waals surface area contributed by atoms with Crippen LogP contribution in [0.25, 0.3) is 10.8 Å². The van der Waals surface area contributed by atoms with Crippen molar-refractivity contribution in [1.82, 2.24) is 9.78 Å². The monoisotopic (exact) mass is 355 g/mol. The van der Waals surface area contributed by atoms with Crippen molar-refractivity contribution in [3.8, 4) is 0 Å². The highest BCUT2D eigenvalue weighted by atomic mass is 16.2. The van der Waals surface area contributed by atoms with Crippen LogP contribution in [0.2, 0.25) is 0 Å². The highest BCUT2D eigenvalue weighted by Crippen LogP contribution is 2.41. The van der Waals surface area contributed by atoms with Crippen LogP contribution >= 0.6 is 0 Å². The largest absolute Gasteiger partial charge is 0.368 e. The second-order valence-electron chi connectivity index (χ2n) is 8.08. The predicted molar refractivity (Wildman–Crippen MR) is 104 cm³/mol. The highest BCUT2D eigenvalue weighted by molar-refractivity contribution is 5.85. The molecule has 2 saturated carbocycles. The van der Waals surface area contributed by atoms with E-state index in [1.165, 1.54) is 42.3 Å². The lowest BCUT2D eigenvalue weighted by molar-refractivity contribution is -0.118. The van der Waals surface area contributed by atoms with Crippen molar-refractivity contribution in [3.05, 3.63) is 39.8 Å². The van der Waals surface area contributed by atoms with Crippen molar-refractivity contribution in [3.63, 3.8) is 0 Å². The van der Waals surface area contributed by atoms with Crippen LogP contribution in [0.5, 0.6) is 0 Å². The number of carbonyl (C=O) groups is 1. The number of carbonyl (C=O) groups excluding carboxylic acids is 1. The average Bonchev–Trinajstić information content (AvgIpc) is 3.40. The Bertz CT molecular complexity index is 861. The first-order chi connectivity index (χ1) is 12.4. The Labute approximate surface area is 154 Å². The fraction of sp³-hybridized carbons (Fsp3) is 0.571. The SMILES string of the molecule is CC(C)c1nn(CC(N)=O)c(=O)c2ccc(C3CC3)cc12.CC1CCC1. The maximum Gasteiger partial charge on any atom is 0.275 e. The number of nitrogens with zero attached hydrogens (tertiary/aromatic N) is 2. The summed E-state index contributed by atoms with van der Waals surface area (Å²) >= 11 is 0. The van der Waals surface area contributed by atoms with Crippen LogP contribution in [-0.4, -0.2) is 15.7 Å². The Morgan fingerprint density at radius 2 is 1.88 bits per heavy atom. The molecule has 1 amide bonds. The van der Waals surface area contributed by atoms with Crippen molar-refractivity contribution in [2.45, 2.75) is 71.3 Å². The van der Waals surface area contributed by atoms with Crippen LogP contribution in [0.4, 0.5) is 0 Å². The summed E-state index contributed by atoms with van der Waals surface area (Å²) in [5.41, 5.74) is 7.06. The van der Waals surface area contributed by atoms with E-state index in [-0.39, 0.29) is 18.0 Å². The maximum absolute atomic E-state index is 12.4. The minimum absolute atomic E-state index is 0.168. The van der Waals surface area contributed by atoms with Gasteiger partial charge in [0.2, 0.25) is 5.91 Å². The first-order valence-corrected chi connectivity index (χ1v) is 9.69. The van der Waals surface area contributed by atoms with Gasteiger partial charge in [-0.15, -0.1) is 0 Å². The molecule has 4 rings (SSSR count). The lowest BCUT2D eigenvalue weighted by Crippen LogP contribution is -2.31. The van der Waals surface area contributed by atoms with Gasteiger partial charge < -0.3 is 5.73 Å². The van der Waals surface area contributed by atoms with E-state index >= 15 is 0 Å². The molecule has 5 heteroatoms. The quantitative estimate of drug-likeness (QED) is 0.908. The second-order valence-corrected chi connectivity index (χ2v) is 8.08. The molecule has 0 unspecified atom stereocenters. The van der Waals surface area contributed by atoms with Crippen LogP contribution in [0, 0.1) is 5.92 Å². The summed E-state index contributed by atoms with van der Waals surface area (Å²) in [5.74, 6) is 1.30. The maximum atomic E-state index is 12.4. The van der Waals surface area contributed by atoms with Gasteiger partial charge in [0.1, 0.15) is 6.54 Å². The lowest BCUT2D eigenvalue weighted by atomic mass is 9.88. The Morgan fingerprint density at radius 1 is 1.23 bits per heavy atom.